The average molecular weight is 374 g/mol. The molecule has 1 aromatic carbocycles. The van der Waals surface area contributed by atoms with E-state index in [-0.39, 0.29) is 5.82 Å². The van der Waals surface area contributed by atoms with E-state index in [9.17, 15) is 4.39 Å². The molecule has 0 N–H and O–H groups in total. The van der Waals surface area contributed by atoms with Crippen molar-refractivity contribution in [1.29, 1.82) is 0 Å². The minimum atomic E-state index is -0.307. The monoisotopic (exact) mass is 374 g/mol. The highest BCUT2D eigenvalue weighted by molar-refractivity contribution is 5.86. The van der Waals surface area contributed by atoms with Crippen LogP contribution in [-0.4, -0.2) is 31.1 Å². The van der Waals surface area contributed by atoms with E-state index in [1.807, 2.05) is 26.0 Å². The summed E-state index contributed by atoms with van der Waals surface area (Å²) in [5.74, 6) is 1.14. The molecule has 140 valence electrons. The minimum Gasteiger partial charge on any atom is -0.348 e. The third-order valence-electron chi connectivity index (χ3n) is 5.20. The molecule has 4 heterocycles. The number of fused-ring (bicyclic) bond motifs is 2. The van der Waals surface area contributed by atoms with Gasteiger partial charge in [0.1, 0.15) is 29.2 Å². The molecule has 0 radical (unpaired) electrons. The van der Waals surface area contributed by atoms with Crippen molar-refractivity contribution in [3.63, 3.8) is 0 Å². The molecule has 0 saturated heterocycles. The lowest BCUT2D eigenvalue weighted by Gasteiger charge is -2.29. The van der Waals surface area contributed by atoms with E-state index in [0.29, 0.717) is 23.6 Å². The number of anilines is 1. The fourth-order valence-electron chi connectivity index (χ4n) is 3.83. The van der Waals surface area contributed by atoms with Gasteiger partial charge in [0.2, 0.25) is 0 Å². The van der Waals surface area contributed by atoms with Gasteiger partial charge in [0.15, 0.2) is 5.82 Å². The fourth-order valence-corrected chi connectivity index (χ4v) is 3.83. The summed E-state index contributed by atoms with van der Waals surface area (Å²) < 4.78 is 16.3. The Morgan fingerprint density at radius 3 is 2.75 bits per heavy atom. The summed E-state index contributed by atoms with van der Waals surface area (Å²) in [5, 5.41) is 4.35. The van der Waals surface area contributed by atoms with E-state index in [0.717, 1.165) is 35.7 Å². The highest BCUT2D eigenvalue weighted by Gasteiger charge is 2.25. The van der Waals surface area contributed by atoms with E-state index < -0.39 is 0 Å². The van der Waals surface area contributed by atoms with Crippen LogP contribution in [0.15, 0.2) is 42.7 Å². The maximum Gasteiger partial charge on any atom is 0.159 e. The number of nitrogens with zero attached hydrogens (tertiary/aromatic N) is 6. The predicted octanol–water partition coefficient (Wildman–Crippen LogP) is 3.50. The van der Waals surface area contributed by atoms with Crippen LogP contribution in [0.1, 0.15) is 22.8 Å². The molecule has 1 aliphatic rings. The number of imidazole rings is 1. The number of hydrogen-bond donors (Lipinski definition) is 0. The Bertz CT molecular complexity index is 1200. The summed E-state index contributed by atoms with van der Waals surface area (Å²) >= 11 is 0. The second kappa shape index (κ2) is 6.37. The Morgan fingerprint density at radius 2 is 1.89 bits per heavy atom. The summed E-state index contributed by atoms with van der Waals surface area (Å²) in [6.45, 7) is 5.33. The van der Waals surface area contributed by atoms with Gasteiger partial charge < -0.3 is 4.90 Å². The maximum atomic E-state index is 14.5. The first-order chi connectivity index (χ1) is 13.6. The molecule has 3 aromatic heterocycles. The Balaban J connectivity index is 1.68. The lowest BCUT2D eigenvalue weighted by molar-refractivity contribution is 0.631. The van der Waals surface area contributed by atoms with Crippen LogP contribution in [0.4, 0.5) is 10.2 Å². The molecule has 0 unspecified atom stereocenters. The van der Waals surface area contributed by atoms with Crippen molar-refractivity contribution >= 4 is 11.3 Å². The summed E-state index contributed by atoms with van der Waals surface area (Å²) in [5.41, 5.74) is 5.07. The molecule has 1 aliphatic heterocycles. The minimum absolute atomic E-state index is 0.307. The van der Waals surface area contributed by atoms with Gasteiger partial charge in [-0.2, -0.15) is 5.10 Å². The molecular formula is C21H19FN6. The van der Waals surface area contributed by atoms with Crippen LogP contribution in [0.2, 0.25) is 0 Å². The number of aromatic nitrogens is 5. The summed E-state index contributed by atoms with van der Waals surface area (Å²) in [7, 11) is 0. The summed E-state index contributed by atoms with van der Waals surface area (Å²) in [6, 6.07) is 10.9. The normalized spacial score (nSPS) is 13.8. The first-order valence-corrected chi connectivity index (χ1v) is 9.27. The van der Waals surface area contributed by atoms with Gasteiger partial charge >= 0.3 is 0 Å². The van der Waals surface area contributed by atoms with Crippen molar-refractivity contribution in [1.82, 2.24) is 24.6 Å². The van der Waals surface area contributed by atoms with Crippen molar-refractivity contribution in [3.05, 3.63) is 71.3 Å². The molecule has 5 rings (SSSR count). The van der Waals surface area contributed by atoms with Crippen LogP contribution in [0.5, 0.6) is 0 Å². The van der Waals surface area contributed by atoms with E-state index in [2.05, 4.69) is 26.0 Å². The molecule has 0 amide bonds. The van der Waals surface area contributed by atoms with Gasteiger partial charge in [-0.05, 0) is 44.0 Å². The fraction of sp³-hybridized carbons (Fsp3) is 0.238. The number of hydrogen-bond acceptors (Lipinski definition) is 5. The van der Waals surface area contributed by atoms with Crippen LogP contribution in [-0.2, 0) is 13.0 Å². The molecule has 6 nitrogen and oxygen atoms in total. The first-order valence-electron chi connectivity index (χ1n) is 9.27. The quantitative estimate of drug-likeness (QED) is 0.537. The van der Waals surface area contributed by atoms with Crippen molar-refractivity contribution in [2.75, 3.05) is 11.4 Å². The number of benzene rings is 1. The van der Waals surface area contributed by atoms with Crippen LogP contribution < -0.4 is 4.90 Å². The maximum absolute atomic E-state index is 14.5. The number of pyridine rings is 1. The third-order valence-corrected chi connectivity index (χ3v) is 5.20. The molecule has 4 aromatic rings. The van der Waals surface area contributed by atoms with Gasteiger partial charge in [-0.1, -0.05) is 18.2 Å². The number of rotatable bonds is 2. The standard InChI is InChI=1S/C21H19FN6/c1-13-7-8-15-9-10-27(11-18(15)25-13)21-20-19(16-5-3-4-6-17(16)22)26-14(2)28(20)24-12-23-21/h3-8,12H,9-11H2,1-2H3. The van der Waals surface area contributed by atoms with Gasteiger partial charge in [0, 0.05) is 17.8 Å². The van der Waals surface area contributed by atoms with E-state index in [1.165, 1.54) is 18.0 Å². The Labute approximate surface area is 161 Å². The number of aryl methyl sites for hydroxylation is 2. The second-order valence-corrected chi connectivity index (χ2v) is 7.06. The van der Waals surface area contributed by atoms with Crippen molar-refractivity contribution < 1.29 is 4.39 Å². The highest BCUT2D eigenvalue weighted by Crippen LogP contribution is 2.33. The van der Waals surface area contributed by atoms with E-state index in [4.69, 9.17) is 4.98 Å². The SMILES string of the molecule is Cc1ccc2c(n1)CN(c1ncnn3c(C)nc(-c4ccccc4F)c13)CC2. The molecule has 0 atom stereocenters. The van der Waals surface area contributed by atoms with Crippen molar-refractivity contribution in [2.45, 2.75) is 26.8 Å². The van der Waals surface area contributed by atoms with Crippen LogP contribution in [0.3, 0.4) is 0 Å². The van der Waals surface area contributed by atoms with Crippen LogP contribution in [0, 0.1) is 19.7 Å². The van der Waals surface area contributed by atoms with Gasteiger partial charge in [0.25, 0.3) is 0 Å². The van der Waals surface area contributed by atoms with Gasteiger partial charge in [-0.15, -0.1) is 0 Å². The lowest BCUT2D eigenvalue weighted by Crippen LogP contribution is -2.32. The molecule has 0 saturated carbocycles. The zero-order valence-corrected chi connectivity index (χ0v) is 15.7. The Hall–Kier alpha value is -3.35. The summed E-state index contributed by atoms with van der Waals surface area (Å²) in [4.78, 5) is 16.1. The zero-order chi connectivity index (χ0) is 19.3. The molecule has 0 fully saturated rings. The first kappa shape index (κ1) is 16.8. The highest BCUT2D eigenvalue weighted by atomic mass is 19.1. The van der Waals surface area contributed by atoms with Gasteiger partial charge in [-0.3, -0.25) is 4.98 Å². The van der Waals surface area contributed by atoms with Gasteiger partial charge in [0.05, 0.1) is 12.2 Å². The van der Waals surface area contributed by atoms with Gasteiger partial charge in [-0.25, -0.2) is 18.9 Å². The third kappa shape index (κ3) is 2.62. The molecule has 0 aliphatic carbocycles. The molecule has 0 bridgehead atoms. The smallest absolute Gasteiger partial charge is 0.159 e. The van der Waals surface area contributed by atoms with Crippen LogP contribution in [0.25, 0.3) is 16.8 Å². The predicted molar refractivity (Wildman–Crippen MR) is 105 cm³/mol. The summed E-state index contributed by atoms with van der Waals surface area (Å²) in [6.07, 6.45) is 2.42. The second-order valence-electron chi connectivity index (χ2n) is 7.06. The Kier molecular flexibility index (Phi) is 3.82. The van der Waals surface area contributed by atoms with Crippen molar-refractivity contribution in [2.24, 2.45) is 0 Å². The number of halogens is 1. The van der Waals surface area contributed by atoms with Crippen LogP contribution >= 0.6 is 0 Å². The molecular weight excluding hydrogens is 355 g/mol. The molecule has 28 heavy (non-hydrogen) atoms. The topological polar surface area (TPSA) is 59.2 Å². The van der Waals surface area contributed by atoms with E-state index in [1.54, 1.807) is 16.6 Å². The van der Waals surface area contributed by atoms with E-state index >= 15 is 0 Å². The molecule has 7 heteroatoms. The molecule has 0 spiro atoms. The largest absolute Gasteiger partial charge is 0.348 e. The lowest BCUT2D eigenvalue weighted by atomic mass is 10.0. The van der Waals surface area contributed by atoms with Crippen molar-refractivity contribution in [3.8, 4) is 11.3 Å². The Morgan fingerprint density at radius 1 is 1.04 bits per heavy atom. The zero-order valence-electron chi connectivity index (χ0n) is 15.7. The average Bonchev–Trinajstić information content (AvgIpc) is 3.04.